The zero-order valence-electron chi connectivity index (χ0n) is 10.1. The van der Waals surface area contributed by atoms with Gasteiger partial charge in [-0.2, -0.15) is 0 Å². The molecule has 1 aromatic rings. The van der Waals surface area contributed by atoms with Crippen LogP contribution in [0.5, 0.6) is 0 Å². The second-order valence-electron chi connectivity index (χ2n) is 5.31. The van der Waals surface area contributed by atoms with E-state index >= 15 is 0 Å². The number of nitrogens with two attached hydrogens (primary N) is 1. The van der Waals surface area contributed by atoms with Crippen molar-refractivity contribution in [2.75, 3.05) is 0 Å². The van der Waals surface area contributed by atoms with E-state index in [4.69, 9.17) is 5.73 Å². The number of nitrogens with zero attached hydrogens (tertiary/aromatic N) is 4. The SMILES string of the molecule is Cn1nnnc1SC1CC(C)(C)CCC1N. The van der Waals surface area contributed by atoms with Crippen LogP contribution in [0.1, 0.15) is 33.1 Å². The van der Waals surface area contributed by atoms with Crippen LogP contribution in [0.25, 0.3) is 0 Å². The van der Waals surface area contributed by atoms with Crippen LogP contribution in [0.2, 0.25) is 0 Å². The zero-order chi connectivity index (χ0) is 11.8. The van der Waals surface area contributed by atoms with E-state index in [1.54, 1.807) is 16.4 Å². The van der Waals surface area contributed by atoms with Crippen molar-refractivity contribution in [3.63, 3.8) is 0 Å². The van der Waals surface area contributed by atoms with Crippen molar-refractivity contribution in [2.24, 2.45) is 18.2 Å². The van der Waals surface area contributed by atoms with Gasteiger partial charge in [0.15, 0.2) is 0 Å². The molecule has 0 bridgehead atoms. The Morgan fingerprint density at radius 3 is 2.88 bits per heavy atom. The fourth-order valence-electron chi connectivity index (χ4n) is 2.13. The summed E-state index contributed by atoms with van der Waals surface area (Å²) in [6, 6.07) is 0.259. The predicted octanol–water partition coefficient (Wildman–Crippen LogP) is 1.21. The van der Waals surface area contributed by atoms with Crippen molar-refractivity contribution in [1.82, 2.24) is 20.2 Å². The largest absolute Gasteiger partial charge is 0.327 e. The first kappa shape index (κ1) is 11.9. The van der Waals surface area contributed by atoms with E-state index in [1.165, 1.54) is 6.42 Å². The lowest BCUT2D eigenvalue weighted by Crippen LogP contribution is -2.41. The van der Waals surface area contributed by atoms with Crippen molar-refractivity contribution >= 4 is 11.8 Å². The second-order valence-corrected chi connectivity index (χ2v) is 6.52. The lowest BCUT2D eigenvalue weighted by molar-refractivity contribution is 0.232. The van der Waals surface area contributed by atoms with E-state index in [-0.39, 0.29) is 6.04 Å². The lowest BCUT2D eigenvalue weighted by atomic mass is 9.75. The first-order valence-electron chi connectivity index (χ1n) is 5.62. The molecular formula is C10H19N5S. The van der Waals surface area contributed by atoms with Crippen LogP contribution >= 0.6 is 11.8 Å². The molecule has 6 heteroatoms. The molecule has 0 saturated heterocycles. The molecule has 1 aliphatic rings. The maximum atomic E-state index is 6.17. The molecule has 1 saturated carbocycles. The molecule has 0 amide bonds. The first-order valence-corrected chi connectivity index (χ1v) is 6.50. The molecule has 2 atom stereocenters. The van der Waals surface area contributed by atoms with Crippen molar-refractivity contribution in [1.29, 1.82) is 0 Å². The Hall–Kier alpha value is -0.620. The van der Waals surface area contributed by atoms with E-state index in [0.29, 0.717) is 10.7 Å². The van der Waals surface area contributed by atoms with Crippen LogP contribution in [0.3, 0.4) is 0 Å². The number of aromatic nitrogens is 4. The summed E-state index contributed by atoms with van der Waals surface area (Å²) >= 11 is 1.71. The molecule has 0 aliphatic heterocycles. The number of hydrogen-bond acceptors (Lipinski definition) is 5. The van der Waals surface area contributed by atoms with Gasteiger partial charge in [-0.05, 0) is 35.1 Å². The van der Waals surface area contributed by atoms with Gasteiger partial charge in [-0.15, -0.1) is 5.10 Å². The van der Waals surface area contributed by atoms with Crippen LogP contribution in [0, 0.1) is 5.41 Å². The monoisotopic (exact) mass is 241 g/mol. The van der Waals surface area contributed by atoms with E-state index in [9.17, 15) is 0 Å². The van der Waals surface area contributed by atoms with Gasteiger partial charge in [-0.1, -0.05) is 25.6 Å². The first-order chi connectivity index (χ1) is 7.48. The molecule has 0 radical (unpaired) electrons. The van der Waals surface area contributed by atoms with E-state index in [0.717, 1.165) is 18.0 Å². The summed E-state index contributed by atoms with van der Waals surface area (Å²) in [5, 5.41) is 12.8. The van der Waals surface area contributed by atoms with Gasteiger partial charge >= 0.3 is 0 Å². The third kappa shape index (κ3) is 2.55. The lowest BCUT2D eigenvalue weighted by Gasteiger charge is -2.38. The van der Waals surface area contributed by atoms with Crippen LogP contribution in [0.4, 0.5) is 0 Å². The Kier molecular flexibility index (Phi) is 3.21. The van der Waals surface area contributed by atoms with Gasteiger partial charge in [-0.25, -0.2) is 4.68 Å². The molecular weight excluding hydrogens is 222 g/mol. The number of tetrazole rings is 1. The number of hydrogen-bond donors (Lipinski definition) is 1. The summed E-state index contributed by atoms with van der Waals surface area (Å²) in [6.07, 6.45) is 3.43. The molecule has 2 rings (SSSR count). The van der Waals surface area contributed by atoms with Crippen molar-refractivity contribution in [3.05, 3.63) is 0 Å². The molecule has 0 aromatic carbocycles. The Morgan fingerprint density at radius 2 is 2.25 bits per heavy atom. The molecule has 1 fully saturated rings. The smallest absolute Gasteiger partial charge is 0.209 e. The molecule has 90 valence electrons. The van der Waals surface area contributed by atoms with Crippen LogP contribution in [-0.2, 0) is 7.05 Å². The van der Waals surface area contributed by atoms with Gasteiger partial charge in [0.1, 0.15) is 0 Å². The normalized spacial score (nSPS) is 29.2. The quantitative estimate of drug-likeness (QED) is 0.842. The molecule has 1 heterocycles. The molecule has 1 aliphatic carbocycles. The van der Waals surface area contributed by atoms with Crippen LogP contribution < -0.4 is 5.73 Å². The Morgan fingerprint density at radius 1 is 1.50 bits per heavy atom. The van der Waals surface area contributed by atoms with E-state index in [2.05, 4.69) is 29.4 Å². The van der Waals surface area contributed by atoms with Gasteiger partial charge in [-0.3, -0.25) is 0 Å². The molecule has 16 heavy (non-hydrogen) atoms. The summed E-state index contributed by atoms with van der Waals surface area (Å²) in [5.41, 5.74) is 6.56. The predicted molar refractivity (Wildman–Crippen MR) is 64.1 cm³/mol. The topological polar surface area (TPSA) is 69.6 Å². The van der Waals surface area contributed by atoms with Gasteiger partial charge in [0.25, 0.3) is 0 Å². The van der Waals surface area contributed by atoms with Crippen LogP contribution in [-0.4, -0.2) is 31.5 Å². The summed E-state index contributed by atoms with van der Waals surface area (Å²) < 4.78 is 1.71. The Bertz CT molecular complexity index is 362. The van der Waals surface area contributed by atoms with Crippen molar-refractivity contribution < 1.29 is 0 Å². The molecule has 2 N–H and O–H groups in total. The highest BCUT2D eigenvalue weighted by atomic mass is 32.2. The van der Waals surface area contributed by atoms with E-state index in [1.807, 2.05) is 7.05 Å². The third-order valence-electron chi connectivity index (χ3n) is 3.22. The van der Waals surface area contributed by atoms with Crippen LogP contribution in [0.15, 0.2) is 5.16 Å². The highest BCUT2D eigenvalue weighted by molar-refractivity contribution is 7.99. The number of thioether (sulfide) groups is 1. The molecule has 5 nitrogen and oxygen atoms in total. The fourth-order valence-corrected chi connectivity index (χ4v) is 3.52. The standard InChI is InChI=1S/C10H19N5S/c1-10(2)5-4-7(11)8(6-10)16-9-12-13-14-15(9)3/h7-8H,4-6,11H2,1-3H3. The molecule has 1 aromatic heterocycles. The maximum Gasteiger partial charge on any atom is 0.209 e. The minimum absolute atomic E-state index is 0.259. The fraction of sp³-hybridized carbons (Fsp3) is 0.900. The number of aryl methyl sites for hydroxylation is 1. The van der Waals surface area contributed by atoms with Gasteiger partial charge < -0.3 is 5.73 Å². The average Bonchev–Trinajstić information content (AvgIpc) is 2.58. The van der Waals surface area contributed by atoms with Gasteiger partial charge in [0, 0.05) is 18.3 Å². The minimum atomic E-state index is 0.259. The van der Waals surface area contributed by atoms with E-state index < -0.39 is 0 Å². The summed E-state index contributed by atoms with van der Waals surface area (Å²) in [6.45, 7) is 4.61. The summed E-state index contributed by atoms with van der Waals surface area (Å²) in [7, 11) is 1.86. The van der Waals surface area contributed by atoms with Crippen molar-refractivity contribution in [2.45, 2.75) is 49.6 Å². The minimum Gasteiger partial charge on any atom is -0.327 e. The average molecular weight is 241 g/mol. The third-order valence-corrected chi connectivity index (χ3v) is 4.60. The Labute approximate surface area is 100 Å². The Balaban J connectivity index is 2.06. The summed E-state index contributed by atoms with van der Waals surface area (Å²) in [4.78, 5) is 0. The zero-order valence-corrected chi connectivity index (χ0v) is 10.9. The maximum absolute atomic E-state index is 6.17. The molecule has 2 unspecified atom stereocenters. The van der Waals surface area contributed by atoms with Crippen molar-refractivity contribution in [3.8, 4) is 0 Å². The highest BCUT2D eigenvalue weighted by Gasteiger charge is 2.34. The van der Waals surface area contributed by atoms with Gasteiger partial charge in [0.05, 0.1) is 0 Å². The molecule has 0 spiro atoms. The highest BCUT2D eigenvalue weighted by Crippen LogP contribution is 2.41. The summed E-state index contributed by atoms with van der Waals surface area (Å²) in [5.74, 6) is 0. The number of rotatable bonds is 2. The second kappa shape index (κ2) is 4.33. The van der Waals surface area contributed by atoms with Gasteiger partial charge in [0.2, 0.25) is 5.16 Å².